The summed E-state index contributed by atoms with van der Waals surface area (Å²) >= 11 is 5.80. The van der Waals surface area contributed by atoms with E-state index in [9.17, 15) is 27.2 Å². The normalized spacial score (nSPS) is 17.7. The first kappa shape index (κ1) is 26.8. The Morgan fingerprint density at radius 2 is 2.00 bits per heavy atom. The number of halogens is 5. The lowest BCUT2D eigenvalue weighted by Crippen LogP contribution is -2.29. The number of piperidine rings is 1. The number of aromatic nitrogens is 5. The van der Waals surface area contributed by atoms with Crippen molar-refractivity contribution >= 4 is 34.9 Å². The van der Waals surface area contributed by atoms with Gasteiger partial charge in [0, 0.05) is 36.0 Å². The van der Waals surface area contributed by atoms with Crippen molar-refractivity contribution in [2.45, 2.75) is 26.3 Å². The number of amides is 2. The summed E-state index contributed by atoms with van der Waals surface area (Å²) in [4.78, 5) is 39.0. The minimum atomic E-state index is -3.02. The maximum absolute atomic E-state index is 14.8. The zero-order chi connectivity index (χ0) is 29.0. The zero-order valence-electron chi connectivity index (χ0n) is 21.3. The maximum atomic E-state index is 14.8. The first-order valence-electron chi connectivity index (χ1n) is 12.5. The van der Waals surface area contributed by atoms with Crippen LogP contribution in [0, 0.1) is 30.4 Å². The van der Waals surface area contributed by atoms with Crippen molar-refractivity contribution in [2.24, 2.45) is 11.8 Å². The van der Waals surface area contributed by atoms with Crippen molar-refractivity contribution in [1.29, 1.82) is 0 Å². The fraction of sp³-hybridized carbons (Fsp3) is 0.259. The topological polar surface area (TPSA) is 106 Å². The molecule has 3 aromatic heterocycles. The van der Waals surface area contributed by atoms with Crippen LogP contribution < -0.4 is 10.2 Å². The van der Waals surface area contributed by atoms with Gasteiger partial charge in [0.25, 0.3) is 12.3 Å². The number of fused-ring (bicyclic) bond motifs is 1. The molecule has 0 radical (unpaired) electrons. The van der Waals surface area contributed by atoms with Gasteiger partial charge in [0.15, 0.2) is 17.5 Å². The Morgan fingerprint density at radius 3 is 2.71 bits per heavy atom. The average Bonchev–Trinajstić information content (AvgIpc) is 3.46. The van der Waals surface area contributed by atoms with Crippen LogP contribution in [0.1, 0.15) is 40.2 Å². The molecule has 2 atom stereocenters. The average molecular weight is 586 g/mol. The second-order valence-electron chi connectivity index (χ2n) is 9.90. The molecule has 1 N–H and O–H groups in total. The van der Waals surface area contributed by atoms with Gasteiger partial charge in [-0.15, -0.1) is 0 Å². The smallest absolute Gasteiger partial charge is 0.276 e. The van der Waals surface area contributed by atoms with Gasteiger partial charge in [-0.25, -0.2) is 27.5 Å². The highest BCUT2D eigenvalue weighted by Crippen LogP contribution is 2.47. The summed E-state index contributed by atoms with van der Waals surface area (Å²) in [7, 11) is 0. The third-order valence-electron chi connectivity index (χ3n) is 7.08. The number of carbonyl (C=O) groups excluding carboxylic acids is 2. The molecule has 1 aliphatic heterocycles. The Hall–Kier alpha value is -4.39. The molecule has 0 bridgehead atoms. The number of anilines is 2. The second kappa shape index (κ2) is 10.2. The fourth-order valence-corrected chi connectivity index (χ4v) is 5.06. The first-order valence-corrected chi connectivity index (χ1v) is 12.9. The zero-order valence-corrected chi connectivity index (χ0v) is 22.0. The minimum absolute atomic E-state index is 0.0106. The van der Waals surface area contributed by atoms with E-state index in [1.807, 2.05) is 0 Å². The number of aryl methyl sites for hydroxylation is 1. The molecule has 4 heterocycles. The van der Waals surface area contributed by atoms with E-state index in [4.69, 9.17) is 11.6 Å². The third kappa shape index (κ3) is 5.01. The van der Waals surface area contributed by atoms with Gasteiger partial charge >= 0.3 is 0 Å². The highest BCUT2D eigenvalue weighted by Gasteiger charge is 2.53. The Labute approximate surface area is 235 Å². The summed E-state index contributed by atoms with van der Waals surface area (Å²) in [5.74, 6) is -2.26. The summed E-state index contributed by atoms with van der Waals surface area (Å²) in [5, 5.41) is 6.37. The number of alkyl halides is 2. The fourth-order valence-electron chi connectivity index (χ4n) is 4.91. The lowest BCUT2D eigenvalue weighted by molar-refractivity contribution is -0.118. The predicted octanol–water partition coefficient (Wildman–Crippen LogP) is 5.20. The van der Waals surface area contributed by atoms with E-state index in [0.29, 0.717) is 12.1 Å². The van der Waals surface area contributed by atoms with E-state index in [1.165, 1.54) is 41.2 Å². The summed E-state index contributed by atoms with van der Waals surface area (Å²) in [6, 6.07) is 3.29. The summed E-state index contributed by atoms with van der Waals surface area (Å²) in [5.41, 5.74) is -0.759. The van der Waals surface area contributed by atoms with Crippen LogP contribution in [-0.2, 0) is 11.3 Å². The van der Waals surface area contributed by atoms with Gasteiger partial charge in [0.2, 0.25) is 5.91 Å². The Kier molecular flexibility index (Phi) is 6.68. The van der Waals surface area contributed by atoms with Crippen LogP contribution in [0.25, 0.3) is 11.3 Å². The molecule has 210 valence electrons. The Bertz CT molecular complexity index is 1710. The van der Waals surface area contributed by atoms with E-state index in [-0.39, 0.29) is 57.9 Å². The number of pyridine rings is 1. The largest absolute Gasteiger partial charge is 0.318 e. The number of carbonyl (C=O) groups is 2. The van der Waals surface area contributed by atoms with Gasteiger partial charge in [0.05, 0.1) is 41.0 Å². The van der Waals surface area contributed by atoms with E-state index >= 15 is 0 Å². The summed E-state index contributed by atoms with van der Waals surface area (Å²) in [6.07, 6.45) is 3.22. The van der Waals surface area contributed by atoms with Crippen LogP contribution in [0.2, 0.25) is 5.02 Å². The number of rotatable bonds is 7. The number of hydrogen-bond acceptors (Lipinski definition) is 6. The van der Waals surface area contributed by atoms with Crippen LogP contribution in [0.4, 0.5) is 29.1 Å². The molecule has 0 unspecified atom stereocenters. The van der Waals surface area contributed by atoms with E-state index in [0.717, 1.165) is 24.8 Å². The monoisotopic (exact) mass is 585 g/mol. The molecule has 1 aliphatic carbocycles. The Balaban J connectivity index is 1.18. The molecule has 1 saturated carbocycles. The highest BCUT2D eigenvalue weighted by molar-refractivity contribution is 6.31. The molecular weight excluding hydrogens is 566 g/mol. The number of hydrogen-bond donors (Lipinski definition) is 1. The minimum Gasteiger partial charge on any atom is -0.318 e. The molecule has 1 aromatic carbocycles. The van der Waals surface area contributed by atoms with Gasteiger partial charge in [-0.3, -0.25) is 24.2 Å². The van der Waals surface area contributed by atoms with Gasteiger partial charge in [0.1, 0.15) is 5.69 Å². The van der Waals surface area contributed by atoms with Crippen LogP contribution in [-0.4, -0.2) is 43.1 Å². The van der Waals surface area contributed by atoms with Gasteiger partial charge in [-0.2, -0.15) is 5.10 Å². The molecule has 2 fully saturated rings. The first-order chi connectivity index (χ1) is 19.6. The van der Waals surface area contributed by atoms with Crippen molar-refractivity contribution in [2.75, 3.05) is 16.8 Å². The number of nitrogens with zero attached hydrogens (tertiary/aromatic N) is 6. The maximum Gasteiger partial charge on any atom is 0.276 e. The van der Waals surface area contributed by atoms with Crippen molar-refractivity contribution in [1.82, 2.24) is 24.7 Å². The molecule has 9 nitrogen and oxygen atoms in total. The molecule has 14 heteroatoms. The van der Waals surface area contributed by atoms with Crippen molar-refractivity contribution in [3.63, 3.8) is 0 Å². The molecule has 41 heavy (non-hydrogen) atoms. The van der Waals surface area contributed by atoms with Crippen molar-refractivity contribution in [3.05, 3.63) is 82.2 Å². The van der Waals surface area contributed by atoms with Crippen molar-refractivity contribution < 1.29 is 27.2 Å². The number of benzene rings is 1. The van der Waals surface area contributed by atoms with Gasteiger partial charge in [-0.1, -0.05) is 17.7 Å². The molecule has 6 rings (SSSR count). The lowest BCUT2D eigenvalue weighted by Gasteiger charge is -2.18. The highest BCUT2D eigenvalue weighted by atomic mass is 35.5. The SMILES string of the molecule is Cc1ncc(-c2c(C(F)F)ccc(Cl)c2F)nc1C(=O)Nc1cnn(Cc2cnc(N3C[C@H]4C[C@H]4C3=O)c(F)c2)c1. The van der Waals surface area contributed by atoms with Crippen LogP contribution in [0.3, 0.4) is 0 Å². The molecular formula is C27H20ClF4N7O2. The summed E-state index contributed by atoms with van der Waals surface area (Å²) < 4.78 is 58.1. The van der Waals surface area contributed by atoms with E-state index < -0.39 is 35.1 Å². The molecule has 2 amide bonds. The van der Waals surface area contributed by atoms with E-state index in [1.54, 1.807) is 0 Å². The lowest BCUT2D eigenvalue weighted by atomic mass is 10.0. The van der Waals surface area contributed by atoms with Crippen LogP contribution in [0.15, 0.2) is 43.0 Å². The van der Waals surface area contributed by atoms with Crippen LogP contribution >= 0.6 is 11.6 Å². The van der Waals surface area contributed by atoms with Gasteiger partial charge < -0.3 is 5.32 Å². The van der Waals surface area contributed by atoms with E-state index in [2.05, 4.69) is 25.4 Å². The molecule has 0 spiro atoms. The standard InChI is InChI=1S/C27H20ClF4N7O2/c1-12-23(37-20(8-33-12)21-16(24(31)32)2-3-18(28)22(21)30)26(40)36-15-7-35-38(11-15)9-13-4-19(29)25(34-6-13)39-10-14-5-17(14)27(39)41/h2-4,6-8,11,14,17,24H,5,9-10H2,1H3,(H,36,40)/t14-,17-/m1/s1. The predicted molar refractivity (Wildman–Crippen MR) is 140 cm³/mol. The van der Waals surface area contributed by atoms with Crippen molar-refractivity contribution in [3.8, 4) is 11.3 Å². The second-order valence-corrected chi connectivity index (χ2v) is 10.3. The van der Waals surface area contributed by atoms with Gasteiger partial charge in [-0.05, 0) is 37.0 Å². The Morgan fingerprint density at radius 1 is 1.20 bits per heavy atom. The number of nitrogens with one attached hydrogen (secondary N) is 1. The third-order valence-corrected chi connectivity index (χ3v) is 7.37. The molecule has 1 saturated heterocycles. The summed E-state index contributed by atoms with van der Waals surface area (Å²) in [6.45, 7) is 2.09. The molecule has 2 aliphatic rings. The quantitative estimate of drug-likeness (QED) is 0.299. The molecule has 4 aromatic rings. The van der Waals surface area contributed by atoms with Crippen LogP contribution in [0.5, 0.6) is 0 Å².